The predicted octanol–water partition coefficient (Wildman–Crippen LogP) is 4.80. The monoisotopic (exact) mass is 419 g/mol. The van der Waals surface area contributed by atoms with Gasteiger partial charge in [0.05, 0.1) is 20.8 Å². The molecule has 0 saturated carbocycles. The highest BCUT2D eigenvalue weighted by Crippen LogP contribution is 2.33. The number of sulfone groups is 1. The molecule has 28 heavy (non-hydrogen) atoms. The second-order valence-corrected chi connectivity index (χ2v) is 9.41. The van der Waals surface area contributed by atoms with Gasteiger partial charge in [-0.25, -0.2) is 26.9 Å². The Labute approximate surface area is 164 Å². The molecule has 5 nitrogen and oxygen atoms in total. The van der Waals surface area contributed by atoms with Gasteiger partial charge in [0.1, 0.15) is 5.69 Å². The number of aromatic nitrogens is 3. The lowest BCUT2D eigenvalue weighted by Gasteiger charge is -2.05. The predicted molar refractivity (Wildman–Crippen MR) is 105 cm³/mol. The number of alkyl halides is 2. The second kappa shape index (κ2) is 6.75. The van der Waals surface area contributed by atoms with Crippen LogP contribution in [-0.2, 0) is 9.84 Å². The third-order valence-electron chi connectivity index (χ3n) is 4.32. The zero-order valence-corrected chi connectivity index (χ0v) is 16.6. The Balaban J connectivity index is 1.89. The number of aryl methyl sites for hydroxylation is 1. The number of hydrogen-bond donors (Lipinski definition) is 0. The Morgan fingerprint density at radius 2 is 1.82 bits per heavy atom. The van der Waals surface area contributed by atoms with Gasteiger partial charge in [-0.05, 0) is 36.8 Å². The Kier molecular flexibility index (Phi) is 4.51. The first-order valence-electron chi connectivity index (χ1n) is 8.29. The highest BCUT2D eigenvalue weighted by Gasteiger charge is 2.20. The first-order valence-corrected chi connectivity index (χ1v) is 11.0. The molecule has 4 rings (SSSR count). The van der Waals surface area contributed by atoms with Gasteiger partial charge in [0.15, 0.2) is 9.84 Å². The van der Waals surface area contributed by atoms with Gasteiger partial charge in [-0.1, -0.05) is 35.6 Å². The number of nitrogens with zero attached hydrogens (tertiary/aromatic N) is 3. The van der Waals surface area contributed by atoms with E-state index in [0.717, 1.165) is 22.0 Å². The molecule has 9 heteroatoms. The molecule has 0 saturated heterocycles. The van der Waals surface area contributed by atoms with Gasteiger partial charge >= 0.3 is 0 Å². The maximum absolute atomic E-state index is 13.3. The smallest absolute Gasteiger partial charge is 0.224 e. The number of benzene rings is 2. The van der Waals surface area contributed by atoms with E-state index in [0.29, 0.717) is 16.4 Å². The van der Waals surface area contributed by atoms with E-state index in [1.807, 2.05) is 25.1 Å². The Hall–Kier alpha value is -2.65. The molecule has 4 aromatic rings. The van der Waals surface area contributed by atoms with Gasteiger partial charge in [0, 0.05) is 11.8 Å². The first kappa shape index (κ1) is 18.7. The number of fused-ring (bicyclic) bond motifs is 1. The number of halogens is 2. The van der Waals surface area contributed by atoms with Gasteiger partial charge < -0.3 is 0 Å². The molecule has 144 valence electrons. The standard InChI is InChI=1S/C19H15F2N3O2S2/c1-11-4-3-5-16-17(11)22-19(27-16)24-15(10-14(23-24)18(20)21)12-6-8-13(9-7-12)28(2,25)26/h3-10,18H,1-2H3. The van der Waals surface area contributed by atoms with Crippen LogP contribution < -0.4 is 0 Å². The van der Waals surface area contributed by atoms with E-state index in [1.54, 1.807) is 12.1 Å². The van der Waals surface area contributed by atoms with Crippen LogP contribution in [0.25, 0.3) is 26.6 Å². The fraction of sp³-hybridized carbons (Fsp3) is 0.158. The van der Waals surface area contributed by atoms with Crippen LogP contribution in [0.4, 0.5) is 8.78 Å². The fourth-order valence-corrected chi connectivity index (χ4v) is 4.54. The van der Waals surface area contributed by atoms with Crippen molar-refractivity contribution in [2.24, 2.45) is 0 Å². The molecule has 2 heterocycles. The molecule has 0 aliphatic rings. The molecule has 2 aromatic heterocycles. The van der Waals surface area contributed by atoms with Crippen molar-refractivity contribution >= 4 is 31.4 Å². The van der Waals surface area contributed by atoms with E-state index in [1.165, 1.54) is 34.2 Å². The van der Waals surface area contributed by atoms with Gasteiger partial charge in [-0.15, -0.1) is 0 Å². The summed E-state index contributed by atoms with van der Waals surface area (Å²) < 4.78 is 52.3. The molecular weight excluding hydrogens is 404 g/mol. The SMILES string of the molecule is Cc1cccc2sc(-n3nc(C(F)F)cc3-c3ccc(S(C)(=O)=O)cc3)nc12. The van der Waals surface area contributed by atoms with Crippen molar-refractivity contribution in [2.45, 2.75) is 18.2 Å². The summed E-state index contributed by atoms with van der Waals surface area (Å²) in [5.41, 5.74) is 2.42. The van der Waals surface area contributed by atoms with E-state index in [-0.39, 0.29) is 10.6 Å². The molecule has 0 fully saturated rings. The largest absolute Gasteiger partial charge is 0.282 e. The molecule has 0 bridgehead atoms. The summed E-state index contributed by atoms with van der Waals surface area (Å²) in [5, 5.41) is 4.52. The summed E-state index contributed by atoms with van der Waals surface area (Å²) >= 11 is 1.35. The van der Waals surface area contributed by atoms with Crippen LogP contribution in [-0.4, -0.2) is 29.4 Å². The van der Waals surface area contributed by atoms with E-state index in [4.69, 9.17) is 0 Å². The quantitative estimate of drug-likeness (QED) is 0.477. The average Bonchev–Trinajstić information content (AvgIpc) is 3.26. The van der Waals surface area contributed by atoms with Crippen LogP contribution in [0, 0.1) is 6.92 Å². The van der Waals surface area contributed by atoms with Gasteiger partial charge in [-0.3, -0.25) is 0 Å². The molecule has 0 spiro atoms. The highest BCUT2D eigenvalue weighted by molar-refractivity contribution is 7.90. The molecule has 0 radical (unpaired) electrons. The summed E-state index contributed by atoms with van der Waals surface area (Å²) in [7, 11) is -3.35. The van der Waals surface area contributed by atoms with Crippen molar-refractivity contribution in [3.63, 3.8) is 0 Å². The maximum Gasteiger partial charge on any atom is 0.282 e. The maximum atomic E-state index is 13.3. The second-order valence-electron chi connectivity index (χ2n) is 6.38. The minimum absolute atomic E-state index is 0.159. The normalized spacial score (nSPS) is 12.2. The van der Waals surface area contributed by atoms with Gasteiger partial charge in [0.25, 0.3) is 6.43 Å². The summed E-state index contributed by atoms with van der Waals surface area (Å²) in [6, 6.07) is 13.1. The average molecular weight is 419 g/mol. The van der Waals surface area contributed by atoms with Crippen molar-refractivity contribution in [3.8, 4) is 16.4 Å². The fourth-order valence-electron chi connectivity index (χ4n) is 2.90. The molecule has 2 aromatic carbocycles. The minimum Gasteiger partial charge on any atom is -0.224 e. The van der Waals surface area contributed by atoms with Crippen LogP contribution >= 0.6 is 11.3 Å². The summed E-state index contributed by atoms with van der Waals surface area (Å²) in [4.78, 5) is 4.74. The molecule has 0 aliphatic heterocycles. The third kappa shape index (κ3) is 3.31. The van der Waals surface area contributed by atoms with Crippen molar-refractivity contribution < 1.29 is 17.2 Å². The zero-order valence-electron chi connectivity index (χ0n) is 14.9. The minimum atomic E-state index is -3.35. The van der Waals surface area contributed by atoms with Crippen LogP contribution in [0.5, 0.6) is 0 Å². The molecule has 0 amide bonds. The van der Waals surface area contributed by atoms with Crippen LogP contribution in [0.2, 0.25) is 0 Å². The number of para-hydroxylation sites is 1. The topological polar surface area (TPSA) is 64.8 Å². The number of thiazole rings is 1. The summed E-state index contributed by atoms with van der Waals surface area (Å²) in [6.07, 6.45) is -1.61. The van der Waals surface area contributed by atoms with Crippen molar-refractivity contribution in [1.82, 2.24) is 14.8 Å². The van der Waals surface area contributed by atoms with E-state index in [9.17, 15) is 17.2 Å². The van der Waals surface area contributed by atoms with Crippen molar-refractivity contribution in [3.05, 3.63) is 59.8 Å². The lowest BCUT2D eigenvalue weighted by Crippen LogP contribution is -2.00. The zero-order chi connectivity index (χ0) is 20.1. The third-order valence-corrected chi connectivity index (χ3v) is 6.45. The van der Waals surface area contributed by atoms with E-state index < -0.39 is 16.3 Å². The Morgan fingerprint density at radius 1 is 1.11 bits per heavy atom. The summed E-state index contributed by atoms with van der Waals surface area (Å²) in [6.45, 7) is 1.93. The molecule has 0 unspecified atom stereocenters. The molecular formula is C19H15F2N3O2S2. The first-order chi connectivity index (χ1) is 13.2. The number of rotatable bonds is 4. The number of hydrogen-bond acceptors (Lipinski definition) is 5. The van der Waals surface area contributed by atoms with Crippen molar-refractivity contribution in [1.29, 1.82) is 0 Å². The van der Waals surface area contributed by atoms with E-state index in [2.05, 4.69) is 10.1 Å². The Bertz CT molecular complexity index is 1280. The van der Waals surface area contributed by atoms with Crippen LogP contribution in [0.1, 0.15) is 17.7 Å². The lowest BCUT2D eigenvalue weighted by atomic mass is 10.1. The van der Waals surface area contributed by atoms with Crippen LogP contribution in [0.3, 0.4) is 0 Å². The highest BCUT2D eigenvalue weighted by atomic mass is 32.2. The van der Waals surface area contributed by atoms with Gasteiger partial charge in [0.2, 0.25) is 5.13 Å². The van der Waals surface area contributed by atoms with Crippen LogP contribution in [0.15, 0.2) is 53.4 Å². The molecule has 0 atom stereocenters. The van der Waals surface area contributed by atoms with Gasteiger partial charge in [-0.2, -0.15) is 5.10 Å². The van der Waals surface area contributed by atoms with E-state index >= 15 is 0 Å². The summed E-state index contributed by atoms with van der Waals surface area (Å²) in [5.74, 6) is 0. The molecule has 0 aliphatic carbocycles. The Morgan fingerprint density at radius 3 is 2.43 bits per heavy atom. The molecule has 0 N–H and O–H groups in total. The lowest BCUT2D eigenvalue weighted by molar-refractivity contribution is 0.145. The van der Waals surface area contributed by atoms with Crippen molar-refractivity contribution in [2.75, 3.05) is 6.26 Å².